The average molecular weight is 374 g/mol. The van der Waals surface area contributed by atoms with Gasteiger partial charge in [0.15, 0.2) is 0 Å². The molecule has 1 heterocycles. The third kappa shape index (κ3) is 3.60. The molecule has 0 spiro atoms. The minimum absolute atomic E-state index is 0.102. The molecular weight excluding hydrogens is 352 g/mol. The molecule has 0 unspecified atom stereocenters. The minimum Gasteiger partial charge on any atom is -0.326 e. The molecule has 2 atom stereocenters. The number of fused-ring (bicyclic) bond motifs is 1. The van der Waals surface area contributed by atoms with Crippen molar-refractivity contribution in [3.05, 3.63) is 66.7 Å². The van der Waals surface area contributed by atoms with Gasteiger partial charge in [0.2, 0.25) is 17.7 Å². The van der Waals surface area contributed by atoms with Gasteiger partial charge in [-0.25, -0.2) is 0 Å². The van der Waals surface area contributed by atoms with E-state index >= 15 is 0 Å². The highest BCUT2D eigenvalue weighted by molar-refractivity contribution is 6.05. The first-order valence-electron chi connectivity index (χ1n) is 9.59. The van der Waals surface area contributed by atoms with Gasteiger partial charge in [-0.2, -0.15) is 0 Å². The normalized spacial score (nSPS) is 20.9. The van der Waals surface area contributed by atoms with Gasteiger partial charge in [0.1, 0.15) is 0 Å². The minimum atomic E-state index is -0.244. The molecule has 2 aliphatic rings. The monoisotopic (exact) mass is 374 g/mol. The Hall–Kier alpha value is -3.21. The first-order chi connectivity index (χ1) is 13.6. The van der Waals surface area contributed by atoms with Crippen molar-refractivity contribution in [3.8, 4) is 11.1 Å². The zero-order valence-corrected chi connectivity index (χ0v) is 15.5. The molecule has 4 rings (SSSR count). The van der Waals surface area contributed by atoms with Crippen molar-refractivity contribution in [2.75, 3.05) is 11.9 Å². The number of anilines is 1. The Morgan fingerprint density at radius 1 is 0.857 bits per heavy atom. The lowest BCUT2D eigenvalue weighted by molar-refractivity contribution is -0.140. The summed E-state index contributed by atoms with van der Waals surface area (Å²) in [5.74, 6) is -0.975. The Morgan fingerprint density at radius 2 is 1.43 bits per heavy atom. The molecule has 1 fully saturated rings. The quantitative estimate of drug-likeness (QED) is 0.642. The fourth-order valence-corrected chi connectivity index (χ4v) is 3.90. The Kier molecular flexibility index (Phi) is 5.06. The maximum absolute atomic E-state index is 12.4. The number of hydrogen-bond donors (Lipinski definition) is 1. The predicted octanol–water partition coefficient (Wildman–Crippen LogP) is 3.63. The van der Waals surface area contributed by atoms with E-state index in [0.29, 0.717) is 18.5 Å². The van der Waals surface area contributed by atoms with Crippen LogP contribution in [0.5, 0.6) is 0 Å². The van der Waals surface area contributed by atoms with Crippen molar-refractivity contribution in [2.24, 2.45) is 11.8 Å². The number of nitrogens with zero attached hydrogens (tertiary/aromatic N) is 1. The second kappa shape index (κ2) is 7.80. The van der Waals surface area contributed by atoms with E-state index < -0.39 is 0 Å². The zero-order valence-electron chi connectivity index (χ0n) is 15.5. The first kappa shape index (κ1) is 18.2. The Morgan fingerprint density at radius 3 is 2.04 bits per heavy atom. The molecule has 142 valence electrons. The summed E-state index contributed by atoms with van der Waals surface area (Å²) in [6.07, 6.45) is 5.26. The summed E-state index contributed by atoms with van der Waals surface area (Å²) in [6.45, 7) is 0.137. The van der Waals surface area contributed by atoms with Crippen molar-refractivity contribution in [1.82, 2.24) is 4.90 Å². The average Bonchev–Trinajstić information content (AvgIpc) is 2.98. The third-order valence-electron chi connectivity index (χ3n) is 5.44. The van der Waals surface area contributed by atoms with Crippen LogP contribution in [0.2, 0.25) is 0 Å². The molecule has 5 nitrogen and oxygen atoms in total. The highest BCUT2D eigenvalue weighted by Gasteiger charge is 2.46. The summed E-state index contributed by atoms with van der Waals surface area (Å²) in [5.41, 5.74) is 2.88. The molecule has 2 aromatic rings. The Balaban J connectivity index is 1.32. The lowest BCUT2D eigenvalue weighted by Gasteiger charge is -2.14. The van der Waals surface area contributed by atoms with Crippen LogP contribution in [0.15, 0.2) is 66.7 Å². The first-order valence-corrected chi connectivity index (χ1v) is 9.59. The number of hydrogen-bond acceptors (Lipinski definition) is 3. The van der Waals surface area contributed by atoms with Crippen molar-refractivity contribution in [2.45, 2.75) is 19.3 Å². The van der Waals surface area contributed by atoms with Gasteiger partial charge in [-0.1, -0.05) is 54.6 Å². The van der Waals surface area contributed by atoms with Gasteiger partial charge in [-0.15, -0.1) is 0 Å². The van der Waals surface area contributed by atoms with E-state index in [1.807, 2.05) is 66.7 Å². The molecule has 28 heavy (non-hydrogen) atoms. The fraction of sp³-hybridized carbons (Fsp3) is 0.261. The van der Waals surface area contributed by atoms with E-state index in [1.54, 1.807) is 0 Å². The van der Waals surface area contributed by atoms with E-state index in [-0.39, 0.29) is 42.5 Å². The molecule has 1 N–H and O–H groups in total. The van der Waals surface area contributed by atoms with Gasteiger partial charge in [-0.3, -0.25) is 19.3 Å². The molecule has 5 heteroatoms. The number of amides is 3. The summed E-state index contributed by atoms with van der Waals surface area (Å²) in [5, 5.41) is 2.84. The summed E-state index contributed by atoms with van der Waals surface area (Å²) < 4.78 is 0. The van der Waals surface area contributed by atoms with Gasteiger partial charge in [0, 0.05) is 18.7 Å². The molecule has 1 saturated heterocycles. The van der Waals surface area contributed by atoms with Crippen molar-refractivity contribution in [3.63, 3.8) is 0 Å². The number of allylic oxidation sites excluding steroid dienone is 2. The van der Waals surface area contributed by atoms with Gasteiger partial charge >= 0.3 is 0 Å². The smallest absolute Gasteiger partial charge is 0.233 e. The van der Waals surface area contributed by atoms with Crippen LogP contribution in [-0.4, -0.2) is 29.2 Å². The number of nitrogens with one attached hydrogen (secondary N) is 1. The van der Waals surface area contributed by atoms with Crippen LogP contribution in [0.3, 0.4) is 0 Å². The van der Waals surface area contributed by atoms with Crippen molar-refractivity contribution < 1.29 is 14.4 Å². The summed E-state index contributed by atoms with van der Waals surface area (Å²) in [4.78, 5) is 38.4. The molecule has 1 aliphatic carbocycles. The largest absolute Gasteiger partial charge is 0.326 e. The Bertz CT molecular complexity index is 893. The van der Waals surface area contributed by atoms with E-state index in [0.717, 1.165) is 11.1 Å². The molecular formula is C23H22N2O3. The second-order valence-corrected chi connectivity index (χ2v) is 7.23. The van der Waals surface area contributed by atoms with Crippen molar-refractivity contribution >= 4 is 23.4 Å². The van der Waals surface area contributed by atoms with Crippen molar-refractivity contribution in [1.29, 1.82) is 0 Å². The van der Waals surface area contributed by atoms with Crippen LogP contribution in [0, 0.1) is 11.8 Å². The lowest BCUT2D eigenvalue weighted by atomic mass is 9.85. The van der Waals surface area contributed by atoms with Crippen LogP contribution < -0.4 is 5.32 Å². The van der Waals surface area contributed by atoms with Gasteiger partial charge in [0.25, 0.3) is 0 Å². The van der Waals surface area contributed by atoms with Crippen LogP contribution in [-0.2, 0) is 14.4 Å². The fourth-order valence-electron chi connectivity index (χ4n) is 3.90. The van der Waals surface area contributed by atoms with Crippen LogP contribution in [0.4, 0.5) is 5.69 Å². The zero-order chi connectivity index (χ0) is 19.5. The lowest BCUT2D eigenvalue weighted by Crippen LogP contribution is -2.34. The third-order valence-corrected chi connectivity index (χ3v) is 5.44. The van der Waals surface area contributed by atoms with E-state index in [4.69, 9.17) is 0 Å². The predicted molar refractivity (Wildman–Crippen MR) is 107 cm³/mol. The molecule has 0 aromatic heterocycles. The van der Waals surface area contributed by atoms with Gasteiger partial charge in [0.05, 0.1) is 11.8 Å². The SMILES string of the molecule is O=C(CCN1C(=O)[C@H]2CC=CC[C@H]2C1=O)Nc1ccc(-c2ccccc2)cc1. The highest BCUT2D eigenvalue weighted by Crippen LogP contribution is 2.35. The van der Waals surface area contributed by atoms with Crippen LogP contribution in [0.25, 0.3) is 11.1 Å². The summed E-state index contributed by atoms with van der Waals surface area (Å²) in [7, 11) is 0. The molecule has 3 amide bonds. The van der Waals surface area contributed by atoms with E-state index in [9.17, 15) is 14.4 Å². The molecule has 2 aromatic carbocycles. The van der Waals surface area contributed by atoms with Gasteiger partial charge in [-0.05, 0) is 36.1 Å². The maximum Gasteiger partial charge on any atom is 0.233 e. The number of benzene rings is 2. The van der Waals surface area contributed by atoms with Crippen LogP contribution in [0.1, 0.15) is 19.3 Å². The number of carbonyl (C=O) groups excluding carboxylic acids is 3. The number of imide groups is 1. The summed E-state index contributed by atoms with van der Waals surface area (Å²) >= 11 is 0. The maximum atomic E-state index is 12.4. The van der Waals surface area contributed by atoms with Crippen LogP contribution >= 0.6 is 0 Å². The molecule has 0 radical (unpaired) electrons. The second-order valence-electron chi connectivity index (χ2n) is 7.23. The van der Waals surface area contributed by atoms with Gasteiger partial charge < -0.3 is 5.32 Å². The summed E-state index contributed by atoms with van der Waals surface area (Å²) in [6, 6.07) is 17.6. The van der Waals surface area contributed by atoms with E-state index in [2.05, 4.69) is 5.32 Å². The highest BCUT2D eigenvalue weighted by atomic mass is 16.2. The number of likely N-dealkylation sites (tertiary alicyclic amines) is 1. The number of rotatable bonds is 5. The number of carbonyl (C=O) groups is 3. The molecule has 1 aliphatic heterocycles. The standard InChI is InChI=1S/C23H22N2O3/c26-21(14-15-25-22(27)19-8-4-5-9-20(19)23(25)28)24-18-12-10-17(11-13-18)16-6-2-1-3-7-16/h1-7,10-13,19-20H,8-9,14-15H2,(H,24,26)/t19-,20+. The molecule has 0 saturated carbocycles. The topological polar surface area (TPSA) is 66.5 Å². The van der Waals surface area contributed by atoms with E-state index in [1.165, 1.54) is 4.90 Å². The molecule has 0 bridgehead atoms. The Labute approximate surface area is 164 Å².